The fourth-order valence-electron chi connectivity index (χ4n) is 3.14. The van der Waals surface area contributed by atoms with Crippen LogP contribution < -0.4 is 5.32 Å². The minimum absolute atomic E-state index is 0.377. The molecule has 0 bridgehead atoms. The molecule has 108 valence electrons. The fraction of sp³-hybridized carbons (Fsp3) is 0.800. The van der Waals surface area contributed by atoms with E-state index in [9.17, 15) is 0 Å². The first-order chi connectivity index (χ1) is 9.00. The summed E-state index contributed by atoms with van der Waals surface area (Å²) < 4.78 is 2.11. The van der Waals surface area contributed by atoms with Crippen molar-refractivity contribution in [3.05, 3.63) is 16.9 Å². The smallest absolute Gasteiger partial charge is 0.0820 e. The molecule has 0 aromatic carbocycles. The van der Waals surface area contributed by atoms with Crippen molar-refractivity contribution >= 4 is 11.6 Å². The molecule has 0 radical (unpaired) electrons. The Balaban J connectivity index is 2.17. The van der Waals surface area contributed by atoms with E-state index < -0.39 is 0 Å². The molecule has 0 aliphatic heterocycles. The summed E-state index contributed by atoms with van der Waals surface area (Å²) in [6.07, 6.45) is 5.64. The Hall–Kier alpha value is -0.540. The number of hydrogen-bond donors (Lipinski definition) is 1. The molecule has 1 aliphatic carbocycles. The van der Waals surface area contributed by atoms with Gasteiger partial charge in [0.15, 0.2) is 0 Å². The molecular weight excluding hydrogens is 258 g/mol. The topological polar surface area (TPSA) is 29.9 Å². The normalized spacial score (nSPS) is 23.7. The monoisotopic (exact) mass is 283 g/mol. The summed E-state index contributed by atoms with van der Waals surface area (Å²) in [5.74, 6) is 1.25. The maximum Gasteiger partial charge on any atom is 0.0820 e. The third-order valence-electron chi connectivity index (χ3n) is 4.07. The number of halogens is 1. The number of hydrogen-bond acceptors (Lipinski definition) is 2. The van der Waals surface area contributed by atoms with Crippen LogP contribution in [-0.2, 0) is 0 Å². The summed E-state index contributed by atoms with van der Waals surface area (Å²) in [7, 11) is 0. The van der Waals surface area contributed by atoms with Crippen LogP contribution in [0.3, 0.4) is 0 Å². The number of nitrogens with zero attached hydrogens (tertiary/aromatic N) is 2. The van der Waals surface area contributed by atoms with Gasteiger partial charge in [-0.3, -0.25) is 4.68 Å². The predicted octanol–water partition coefficient (Wildman–Crippen LogP) is 4.00. The van der Waals surface area contributed by atoms with Gasteiger partial charge in [-0.05, 0) is 39.2 Å². The number of nitrogens with one attached hydrogen (secondary N) is 1. The van der Waals surface area contributed by atoms with Crippen LogP contribution in [0.5, 0.6) is 0 Å². The lowest BCUT2D eigenvalue weighted by atomic mass is 9.92. The molecule has 2 unspecified atom stereocenters. The Morgan fingerprint density at radius 2 is 2.11 bits per heavy atom. The van der Waals surface area contributed by atoms with Crippen LogP contribution >= 0.6 is 11.6 Å². The van der Waals surface area contributed by atoms with Gasteiger partial charge in [0.25, 0.3) is 0 Å². The van der Waals surface area contributed by atoms with E-state index in [2.05, 4.69) is 42.8 Å². The summed E-state index contributed by atoms with van der Waals surface area (Å²) in [5, 5.41) is 8.87. The summed E-state index contributed by atoms with van der Waals surface area (Å²) in [6, 6.07) is 0.925. The number of rotatable bonds is 5. The van der Waals surface area contributed by atoms with E-state index in [1.165, 1.54) is 25.0 Å². The fourth-order valence-corrected chi connectivity index (χ4v) is 3.41. The second-order valence-electron chi connectivity index (χ2n) is 6.28. The first kappa shape index (κ1) is 14.9. The zero-order chi connectivity index (χ0) is 14.0. The van der Waals surface area contributed by atoms with Crippen LogP contribution in [0.4, 0.5) is 0 Å². The van der Waals surface area contributed by atoms with Crippen LogP contribution in [0.25, 0.3) is 0 Å². The van der Waals surface area contributed by atoms with Gasteiger partial charge in [-0.15, -0.1) is 0 Å². The van der Waals surface area contributed by atoms with Crippen LogP contribution in [0.15, 0.2) is 6.20 Å². The van der Waals surface area contributed by atoms with E-state index in [1.807, 2.05) is 6.20 Å². The Morgan fingerprint density at radius 1 is 1.37 bits per heavy atom. The van der Waals surface area contributed by atoms with Gasteiger partial charge in [0.1, 0.15) is 0 Å². The first-order valence-electron chi connectivity index (χ1n) is 7.47. The molecule has 0 spiro atoms. The highest BCUT2D eigenvalue weighted by molar-refractivity contribution is 6.31. The molecule has 1 saturated carbocycles. The quantitative estimate of drug-likeness (QED) is 0.885. The van der Waals surface area contributed by atoms with E-state index in [1.54, 1.807) is 0 Å². The minimum Gasteiger partial charge on any atom is -0.314 e. The van der Waals surface area contributed by atoms with Crippen LogP contribution in [0.1, 0.15) is 64.6 Å². The van der Waals surface area contributed by atoms with Crippen molar-refractivity contribution in [3.63, 3.8) is 0 Å². The van der Waals surface area contributed by atoms with E-state index in [0.717, 1.165) is 11.6 Å². The van der Waals surface area contributed by atoms with Gasteiger partial charge in [0, 0.05) is 18.0 Å². The predicted molar refractivity (Wildman–Crippen MR) is 80.8 cm³/mol. The van der Waals surface area contributed by atoms with E-state index >= 15 is 0 Å². The molecule has 1 fully saturated rings. The van der Waals surface area contributed by atoms with Crippen molar-refractivity contribution in [2.45, 2.75) is 65.0 Å². The molecule has 0 saturated heterocycles. The molecule has 4 heteroatoms. The Bertz CT molecular complexity index is 412. The van der Waals surface area contributed by atoms with Crippen molar-refractivity contribution < 1.29 is 0 Å². The maximum absolute atomic E-state index is 6.39. The minimum atomic E-state index is 0.377. The van der Waals surface area contributed by atoms with E-state index in [4.69, 9.17) is 11.6 Å². The highest BCUT2D eigenvalue weighted by atomic mass is 35.5. The highest BCUT2D eigenvalue weighted by Crippen LogP contribution is 2.42. The summed E-state index contributed by atoms with van der Waals surface area (Å²) >= 11 is 6.39. The van der Waals surface area contributed by atoms with Crippen LogP contribution in [-0.4, -0.2) is 22.4 Å². The highest BCUT2D eigenvalue weighted by Gasteiger charge is 2.33. The molecule has 1 N–H and O–H groups in total. The van der Waals surface area contributed by atoms with Gasteiger partial charge < -0.3 is 5.32 Å². The SMILES string of the molecule is CC(C)NCC1CCCC1c1c(Cl)cnn1C(C)C. The van der Waals surface area contributed by atoms with Gasteiger partial charge in [0.2, 0.25) is 0 Å². The summed E-state index contributed by atoms with van der Waals surface area (Å²) in [4.78, 5) is 0. The Kier molecular flexibility index (Phi) is 4.91. The van der Waals surface area contributed by atoms with E-state index in [0.29, 0.717) is 23.9 Å². The standard InChI is InChI=1S/C15H26ClN3/c1-10(2)17-8-12-6-5-7-13(12)15-14(16)9-18-19(15)11(3)4/h9-13,17H,5-8H2,1-4H3. The van der Waals surface area contributed by atoms with Crippen LogP contribution in [0, 0.1) is 5.92 Å². The summed E-state index contributed by atoms with van der Waals surface area (Å²) in [6.45, 7) is 9.83. The molecule has 1 aromatic rings. The average Bonchev–Trinajstić information content (AvgIpc) is 2.91. The van der Waals surface area contributed by atoms with Crippen molar-refractivity contribution in [1.29, 1.82) is 0 Å². The molecule has 3 nitrogen and oxygen atoms in total. The largest absolute Gasteiger partial charge is 0.314 e. The van der Waals surface area contributed by atoms with Crippen LogP contribution in [0.2, 0.25) is 5.02 Å². The zero-order valence-corrected chi connectivity index (χ0v) is 13.2. The molecule has 2 rings (SSSR count). The molecule has 2 atom stereocenters. The number of aromatic nitrogens is 2. The second kappa shape index (κ2) is 6.27. The van der Waals surface area contributed by atoms with Crippen molar-refractivity contribution in [2.24, 2.45) is 5.92 Å². The summed E-state index contributed by atoms with van der Waals surface area (Å²) in [5.41, 5.74) is 1.25. The third-order valence-corrected chi connectivity index (χ3v) is 4.37. The van der Waals surface area contributed by atoms with Crippen molar-refractivity contribution in [3.8, 4) is 0 Å². The molecule has 1 heterocycles. The van der Waals surface area contributed by atoms with Crippen molar-refractivity contribution in [1.82, 2.24) is 15.1 Å². The van der Waals surface area contributed by atoms with E-state index in [-0.39, 0.29) is 0 Å². The molecule has 0 amide bonds. The first-order valence-corrected chi connectivity index (χ1v) is 7.84. The van der Waals surface area contributed by atoms with Gasteiger partial charge in [-0.1, -0.05) is 31.9 Å². The molecule has 1 aromatic heterocycles. The molecule has 1 aliphatic rings. The van der Waals surface area contributed by atoms with Gasteiger partial charge in [-0.2, -0.15) is 5.10 Å². The lowest BCUT2D eigenvalue weighted by Gasteiger charge is -2.24. The average molecular weight is 284 g/mol. The Morgan fingerprint density at radius 3 is 2.74 bits per heavy atom. The third kappa shape index (κ3) is 3.32. The molecule has 19 heavy (non-hydrogen) atoms. The van der Waals surface area contributed by atoms with Gasteiger partial charge >= 0.3 is 0 Å². The van der Waals surface area contributed by atoms with Gasteiger partial charge in [0.05, 0.1) is 16.9 Å². The molecular formula is C15H26ClN3. The van der Waals surface area contributed by atoms with Gasteiger partial charge in [-0.25, -0.2) is 0 Å². The lowest BCUT2D eigenvalue weighted by Crippen LogP contribution is -2.30. The van der Waals surface area contributed by atoms with Crippen molar-refractivity contribution in [2.75, 3.05) is 6.54 Å². The maximum atomic E-state index is 6.39. The second-order valence-corrected chi connectivity index (χ2v) is 6.68. The zero-order valence-electron chi connectivity index (χ0n) is 12.5. The lowest BCUT2D eigenvalue weighted by molar-refractivity contribution is 0.393. The Labute approximate surface area is 121 Å².